The Morgan fingerprint density at radius 2 is 1.26 bits per heavy atom. The third-order valence-corrected chi connectivity index (χ3v) is 13.1. The molecule has 4 unspecified atom stereocenters. The summed E-state index contributed by atoms with van der Waals surface area (Å²) >= 11 is 0. The van der Waals surface area contributed by atoms with E-state index in [9.17, 15) is 0 Å². The van der Waals surface area contributed by atoms with Gasteiger partial charge in [-0.2, -0.15) is 0 Å². The smallest absolute Gasteiger partial charge is 0.178 e. The minimum Gasteiger partial charge on any atom is -0.449 e. The fourth-order valence-corrected chi connectivity index (χ4v) is 9.64. The van der Waals surface area contributed by atoms with Crippen molar-refractivity contribution in [1.82, 2.24) is 5.32 Å². The summed E-state index contributed by atoms with van der Waals surface area (Å²) in [5, 5.41) is 3.76. The predicted octanol–water partition coefficient (Wildman–Crippen LogP) is 13.4. The van der Waals surface area contributed by atoms with Crippen LogP contribution < -0.4 is 20.5 Å². The van der Waals surface area contributed by atoms with Gasteiger partial charge in [-0.3, -0.25) is 4.99 Å². The summed E-state index contributed by atoms with van der Waals surface area (Å²) in [6.45, 7) is 4.57. The van der Waals surface area contributed by atoms with Gasteiger partial charge < -0.3 is 20.5 Å². The van der Waals surface area contributed by atoms with E-state index in [0.29, 0.717) is 11.7 Å². The normalized spacial score (nSPS) is 19.6. The Bertz CT molecular complexity index is 2880. The van der Waals surface area contributed by atoms with Crippen molar-refractivity contribution in [2.24, 2.45) is 16.6 Å². The molecule has 0 saturated heterocycles. The van der Waals surface area contributed by atoms with Crippen molar-refractivity contribution in [2.75, 3.05) is 0 Å². The maximum Gasteiger partial charge on any atom is 0.178 e. The summed E-state index contributed by atoms with van der Waals surface area (Å²) in [6, 6.07) is 57.8. The number of fused-ring (bicyclic) bond motifs is 6. The number of nitrogens with zero attached hydrogens (tertiary/aromatic N) is 1. The monoisotopic (exact) mass is 793 g/mol. The molecule has 0 radical (unpaired) electrons. The molecule has 11 rings (SSSR count). The molecule has 1 heterocycles. The van der Waals surface area contributed by atoms with Gasteiger partial charge in [0.1, 0.15) is 12.0 Å². The van der Waals surface area contributed by atoms with E-state index in [1.807, 2.05) is 12.1 Å². The summed E-state index contributed by atoms with van der Waals surface area (Å²) in [6.07, 6.45) is 7.85. The number of allylic oxidation sites excluding steroid dienone is 3. The maximum absolute atomic E-state index is 7.08. The summed E-state index contributed by atoms with van der Waals surface area (Å²) in [4.78, 5) is 5.56. The van der Waals surface area contributed by atoms with Crippen molar-refractivity contribution in [2.45, 2.75) is 50.2 Å². The Morgan fingerprint density at radius 3 is 2.00 bits per heavy atom. The lowest BCUT2D eigenvalue weighted by Gasteiger charge is -2.30. The van der Waals surface area contributed by atoms with Gasteiger partial charge in [-0.1, -0.05) is 184 Å². The summed E-state index contributed by atoms with van der Waals surface area (Å²) in [5.74, 6) is 4.05. The average molecular weight is 794 g/mol. The van der Waals surface area contributed by atoms with Crippen LogP contribution in [0.5, 0.6) is 23.0 Å². The highest BCUT2D eigenvalue weighted by molar-refractivity contribution is 5.98. The Kier molecular flexibility index (Phi) is 9.09. The third kappa shape index (κ3) is 6.66. The van der Waals surface area contributed by atoms with E-state index < -0.39 is 6.17 Å². The third-order valence-electron chi connectivity index (χ3n) is 13.1. The fraction of sp³-hybridized carbons (Fsp3) is 0.161. The number of para-hydroxylation sites is 1. The van der Waals surface area contributed by atoms with E-state index >= 15 is 0 Å². The van der Waals surface area contributed by atoms with Crippen LogP contribution in [-0.4, -0.2) is 11.9 Å². The molecule has 5 heteroatoms. The fourth-order valence-electron chi connectivity index (χ4n) is 9.64. The van der Waals surface area contributed by atoms with Crippen LogP contribution in [-0.2, 0) is 5.41 Å². The zero-order chi connectivity index (χ0) is 41.1. The number of benzene rings is 7. The highest BCUT2D eigenvalue weighted by Crippen LogP contribution is 2.59. The Balaban J connectivity index is 0.926. The molecule has 1 saturated carbocycles. The second-order valence-electron chi connectivity index (χ2n) is 17.2. The van der Waals surface area contributed by atoms with Crippen LogP contribution in [0.3, 0.4) is 0 Å². The molecule has 4 aliphatic rings. The molecule has 1 aliphatic heterocycles. The molecule has 0 aromatic heterocycles. The first-order chi connectivity index (χ1) is 29.9. The molecule has 3 N–H and O–H groups in total. The van der Waals surface area contributed by atoms with Gasteiger partial charge in [-0.15, -0.1) is 0 Å². The van der Waals surface area contributed by atoms with Gasteiger partial charge in [-0.05, 0) is 80.6 Å². The standard InChI is InChI=1S/C56H47N3O2/c1-56(2)46-22-12-11-20-44(46)51-47(56)32-33-50-53(51)61-49-23-13-21-42(52(49)60-50)41-18-9-10-19-43(41)55(59-54(57)40-30-26-38(27-31-40)36-16-7-4-8-17-36)58-48-34-45(48)39-28-24-37(25-29-39)35-14-5-3-6-15-35/h3-18,20-33,43,45,48,54H,19,34,57H2,1-2H3,(H,58,59). The number of hydrogen-bond acceptors (Lipinski definition) is 4. The molecule has 4 atom stereocenters. The van der Waals surface area contributed by atoms with Crippen molar-refractivity contribution in [1.29, 1.82) is 0 Å². The van der Waals surface area contributed by atoms with Crippen molar-refractivity contribution in [3.63, 3.8) is 0 Å². The van der Waals surface area contributed by atoms with Crippen LogP contribution in [0, 0.1) is 5.92 Å². The topological polar surface area (TPSA) is 68.9 Å². The molecular weight excluding hydrogens is 747 g/mol. The molecule has 7 aromatic rings. The zero-order valence-corrected chi connectivity index (χ0v) is 34.4. The first-order valence-electron chi connectivity index (χ1n) is 21.4. The Hall–Kier alpha value is -6.95. The van der Waals surface area contributed by atoms with Gasteiger partial charge in [0.2, 0.25) is 0 Å². The maximum atomic E-state index is 7.08. The van der Waals surface area contributed by atoms with Gasteiger partial charge in [0.25, 0.3) is 0 Å². The molecule has 61 heavy (non-hydrogen) atoms. The van der Waals surface area contributed by atoms with Gasteiger partial charge in [-0.25, -0.2) is 0 Å². The largest absolute Gasteiger partial charge is 0.449 e. The predicted molar refractivity (Wildman–Crippen MR) is 248 cm³/mol. The van der Waals surface area contributed by atoms with Crippen molar-refractivity contribution in [3.05, 3.63) is 210 Å². The van der Waals surface area contributed by atoms with Crippen LogP contribution in [0.1, 0.15) is 66.6 Å². The quantitative estimate of drug-likeness (QED) is 0.0913. The summed E-state index contributed by atoms with van der Waals surface area (Å²) < 4.78 is 13.8. The highest BCUT2D eigenvalue weighted by atomic mass is 16.6. The first kappa shape index (κ1) is 37.1. The molecular formula is C56H47N3O2. The van der Waals surface area contributed by atoms with Gasteiger partial charge >= 0.3 is 0 Å². The number of rotatable bonds is 8. The lowest BCUT2D eigenvalue weighted by molar-refractivity contribution is 0.359. The van der Waals surface area contributed by atoms with Crippen molar-refractivity contribution in [3.8, 4) is 56.4 Å². The molecule has 298 valence electrons. The van der Waals surface area contributed by atoms with Crippen LogP contribution in [0.4, 0.5) is 0 Å². The second-order valence-corrected chi connectivity index (χ2v) is 17.2. The van der Waals surface area contributed by atoms with E-state index in [4.69, 9.17) is 20.2 Å². The van der Waals surface area contributed by atoms with Crippen molar-refractivity contribution >= 4 is 11.4 Å². The average Bonchev–Trinajstić information content (AvgIpc) is 4.05. The minimum absolute atomic E-state index is 0.0921. The summed E-state index contributed by atoms with van der Waals surface area (Å²) in [7, 11) is 0. The number of nitrogens with one attached hydrogen (secondary N) is 1. The summed E-state index contributed by atoms with van der Waals surface area (Å²) in [5.41, 5.74) is 21.0. The van der Waals surface area contributed by atoms with E-state index in [-0.39, 0.29) is 17.4 Å². The van der Waals surface area contributed by atoms with Crippen LogP contribution >= 0.6 is 0 Å². The molecule has 5 nitrogen and oxygen atoms in total. The van der Waals surface area contributed by atoms with E-state index in [1.54, 1.807) is 0 Å². The highest BCUT2D eigenvalue weighted by Gasteiger charge is 2.42. The molecule has 0 amide bonds. The molecule has 3 aliphatic carbocycles. The number of amidine groups is 1. The minimum atomic E-state index is -0.469. The molecule has 0 spiro atoms. The molecule has 1 fully saturated rings. The van der Waals surface area contributed by atoms with Crippen molar-refractivity contribution < 1.29 is 9.47 Å². The van der Waals surface area contributed by atoms with Crippen LogP contribution in [0.2, 0.25) is 0 Å². The molecule has 0 bridgehead atoms. The Labute approximate surface area is 357 Å². The number of ether oxygens (including phenoxy) is 2. The molecule has 7 aromatic carbocycles. The lowest BCUT2D eigenvalue weighted by atomic mass is 9.82. The van der Waals surface area contributed by atoms with Crippen LogP contribution in [0.15, 0.2) is 187 Å². The SMILES string of the molecule is CC1(C)c2ccccc2-c2c1ccc1c2Oc2cccc(C3=CC=CCC3C(=NC3CC3c3ccc(-c4ccccc4)cc3)NC(N)c3ccc(-c4ccccc4)cc3)c2O1. The van der Waals surface area contributed by atoms with E-state index in [2.05, 4.69) is 189 Å². The van der Waals surface area contributed by atoms with Gasteiger partial charge in [0.15, 0.2) is 23.0 Å². The van der Waals surface area contributed by atoms with E-state index in [1.165, 1.54) is 38.9 Å². The number of nitrogens with two attached hydrogens (primary N) is 1. The van der Waals surface area contributed by atoms with Gasteiger partial charge in [0, 0.05) is 28.4 Å². The zero-order valence-electron chi connectivity index (χ0n) is 34.4. The number of hydrogen-bond donors (Lipinski definition) is 2. The lowest BCUT2D eigenvalue weighted by Crippen LogP contribution is -2.39. The van der Waals surface area contributed by atoms with Crippen LogP contribution in [0.25, 0.3) is 39.0 Å². The first-order valence-corrected chi connectivity index (χ1v) is 21.4. The van der Waals surface area contributed by atoms with Gasteiger partial charge in [0.05, 0.1) is 6.04 Å². The van der Waals surface area contributed by atoms with E-state index in [0.717, 1.165) is 63.8 Å². The second kappa shape index (κ2) is 14.9. The Morgan fingerprint density at radius 1 is 0.639 bits per heavy atom. The number of aliphatic imine (C=N–C) groups is 1.